The molecule has 1 rings (SSSR count). The van der Waals surface area contributed by atoms with Crippen LogP contribution < -0.4 is 5.32 Å². The molecule has 21 heavy (non-hydrogen) atoms. The lowest BCUT2D eigenvalue weighted by Gasteiger charge is -2.29. The van der Waals surface area contributed by atoms with E-state index in [1.807, 2.05) is 31.4 Å². The molecule has 0 radical (unpaired) electrons. The van der Waals surface area contributed by atoms with Gasteiger partial charge in [-0.25, -0.2) is 0 Å². The van der Waals surface area contributed by atoms with Gasteiger partial charge in [0.05, 0.1) is 11.5 Å². The number of carbonyl (C=O) groups excluding carboxylic acids is 1. The van der Waals surface area contributed by atoms with Crippen molar-refractivity contribution in [2.45, 2.75) is 53.0 Å². The molecule has 2 N–H and O–H groups in total. The van der Waals surface area contributed by atoms with E-state index < -0.39 is 11.4 Å². The number of carboxylic acids is 1. The van der Waals surface area contributed by atoms with E-state index in [0.717, 1.165) is 17.7 Å². The minimum absolute atomic E-state index is 0.00555. The van der Waals surface area contributed by atoms with E-state index in [0.29, 0.717) is 0 Å². The highest BCUT2D eigenvalue weighted by atomic mass is 32.1. The quantitative estimate of drug-likeness (QED) is 0.766. The summed E-state index contributed by atoms with van der Waals surface area (Å²) in [5.74, 6) is -1.22. The average Bonchev–Trinajstić information content (AvgIpc) is 2.91. The van der Waals surface area contributed by atoms with Gasteiger partial charge >= 0.3 is 5.97 Å². The number of carbonyl (C=O) groups is 2. The van der Waals surface area contributed by atoms with E-state index in [2.05, 4.69) is 12.2 Å². The Morgan fingerprint density at radius 1 is 1.43 bits per heavy atom. The van der Waals surface area contributed by atoms with Gasteiger partial charge in [-0.05, 0) is 30.7 Å². The minimum atomic E-state index is -1.03. The second-order valence-electron chi connectivity index (χ2n) is 5.98. The van der Waals surface area contributed by atoms with Gasteiger partial charge in [0.1, 0.15) is 0 Å². The van der Waals surface area contributed by atoms with Gasteiger partial charge in [0.25, 0.3) is 0 Å². The smallest absolute Gasteiger partial charge is 0.310 e. The van der Waals surface area contributed by atoms with Gasteiger partial charge < -0.3 is 10.4 Å². The maximum Gasteiger partial charge on any atom is 0.310 e. The Labute approximate surface area is 130 Å². The third-order valence-electron chi connectivity index (χ3n) is 4.09. The van der Waals surface area contributed by atoms with Crippen molar-refractivity contribution in [2.24, 2.45) is 11.3 Å². The predicted octanol–water partition coefficient (Wildman–Crippen LogP) is 3.84. The number of amides is 1. The standard InChI is InChI=1S/C16H25NO3S/c1-5-7-12(13-8-6-9-21-13)17-14(18)10-16(4,11(2)3)15(19)20/h6,8-9,11-12H,5,7,10H2,1-4H3,(H,17,18)(H,19,20). The van der Waals surface area contributed by atoms with Gasteiger partial charge in [0.2, 0.25) is 5.91 Å². The second-order valence-corrected chi connectivity index (χ2v) is 6.96. The Morgan fingerprint density at radius 3 is 2.52 bits per heavy atom. The molecule has 0 aliphatic rings. The van der Waals surface area contributed by atoms with Crippen molar-refractivity contribution in [2.75, 3.05) is 0 Å². The zero-order chi connectivity index (χ0) is 16.0. The molecule has 2 atom stereocenters. The van der Waals surface area contributed by atoms with Crippen LogP contribution in [0.15, 0.2) is 17.5 Å². The Morgan fingerprint density at radius 2 is 2.10 bits per heavy atom. The number of hydrogen-bond acceptors (Lipinski definition) is 3. The molecule has 1 aromatic rings. The molecule has 0 saturated carbocycles. The monoisotopic (exact) mass is 311 g/mol. The van der Waals surface area contributed by atoms with Crippen molar-refractivity contribution in [1.82, 2.24) is 5.32 Å². The molecule has 1 amide bonds. The molecular formula is C16H25NO3S. The Hall–Kier alpha value is -1.36. The molecule has 118 valence electrons. The average molecular weight is 311 g/mol. The normalized spacial score (nSPS) is 15.5. The molecule has 0 spiro atoms. The first-order chi connectivity index (χ1) is 9.81. The summed E-state index contributed by atoms with van der Waals surface area (Å²) in [5.41, 5.74) is -1.03. The van der Waals surface area contributed by atoms with Crippen LogP contribution in [0, 0.1) is 11.3 Å². The van der Waals surface area contributed by atoms with Gasteiger partial charge in [-0.3, -0.25) is 9.59 Å². The van der Waals surface area contributed by atoms with Crippen LogP contribution in [0.5, 0.6) is 0 Å². The van der Waals surface area contributed by atoms with Crippen LogP contribution >= 0.6 is 11.3 Å². The highest BCUT2D eigenvalue weighted by Gasteiger charge is 2.39. The first kappa shape index (κ1) is 17.7. The molecular weight excluding hydrogens is 286 g/mol. The van der Waals surface area contributed by atoms with Crippen LogP contribution in [-0.4, -0.2) is 17.0 Å². The first-order valence-corrected chi connectivity index (χ1v) is 8.25. The predicted molar refractivity (Wildman–Crippen MR) is 85.3 cm³/mol. The maximum atomic E-state index is 12.3. The first-order valence-electron chi connectivity index (χ1n) is 7.37. The highest BCUT2D eigenvalue weighted by Crippen LogP contribution is 2.32. The summed E-state index contributed by atoms with van der Waals surface area (Å²) in [6.45, 7) is 7.39. The largest absolute Gasteiger partial charge is 0.481 e. The third-order valence-corrected chi connectivity index (χ3v) is 5.08. The van der Waals surface area contributed by atoms with E-state index in [-0.39, 0.29) is 24.3 Å². The fraction of sp³-hybridized carbons (Fsp3) is 0.625. The lowest BCUT2D eigenvalue weighted by molar-refractivity contribution is -0.153. The number of carboxylic acid groups (broad SMARTS) is 1. The lowest BCUT2D eigenvalue weighted by atomic mass is 9.76. The molecule has 0 bridgehead atoms. The molecule has 1 heterocycles. The maximum absolute atomic E-state index is 12.3. The molecule has 0 aromatic carbocycles. The number of nitrogens with one attached hydrogen (secondary N) is 1. The Balaban J connectivity index is 2.76. The SMILES string of the molecule is CCCC(NC(=O)CC(C)(C(=O)O)C(C)C)c1cccs1. The van der Waals surface area contributed by atoms with Gasteiger partial charge in [-0.2, -0.15) is 0 Å². The second kappa shape index (κ2) is 7.59. The van der Waals surface area contributed by atoms with Crippen molar-refractivity contribution in [1.29, 1.82) is 0 Å². The zero-order valence-electron chi connectivity index (χ0n) is 13.2. The number of rotatable bonds is 8. The van der Waals surface area contributed by atoms with Crippen molar-refractivity contribution >= 4 is 23.2 Å². The van der Waals surface area contributed by atoms with Gasteiger partial charge in [0, 0.05) is 11.3 Å². The fourth-order valence-corrected chi connectivity index (χ4v) is 2.98. The molecule has 0 aliphatic carbocycles. The van der Waals surface area contributed by atoms with Gasteiger partial charge in [-0.1, -0.05) is 33.3 Å². The highest BCUT2D eigenvalue weighted by molar-refractivity contribution is 7.10. The molecule has 5 heteroatoms. The minimum Gasteiger partial charge on any atom is -0.481 e. The summed E-state index contributed by atoms with van der Waals surface area (Å²) in [4.78, 5) is 24.9. The van der Waals surface area contributed by atoms with Gasteiger partial charge in [-0.15, -0.1) is 11.3 Å². The summed E-state index contributed by atoms with van der Waals surface area (Å²) >= 11 is 1.61. The van der Waals surface area contributed by atoms with E-state index in [1.54, 1.807) is 18.3 Å². The Kier molecular flexibility index (Phi) is 6.40. The zero-order valence-corrected chi connectivity index (χ0v) is 14.0. The molecule has 0 aliphatic heterocycles. The van der Waals surface area contributed by atoms with Crippen LogP contribution in [-0.2, 0) is 9.59 Å². The molecule has 2 unspecified atom stereocenters. The molecule has 4 nitrogen and oxygen atoms in total. The van der Waals surface area contributed by atoms with Crippen LogP contribution in [0.2, 0.25) is 0 Å². The molecule has 0 saturated heterocycles. The summed E-state index contributed by atoms with van der Waals surface area (Å²) < 4.78 is 0. The van der Waals surface area contributed by atoms with Gasteiger partial charge in [0.15, 0.2) is 0 Å². The molecule has 0 fully saturated rings. The Bertz CT molecular complexity index is 470. The number of hydrogen-bond donors (Lipinski definition) is 2. The van der Waals surface area contributed by atoms with Crippen LogP contribution in [0.3, 0.4) is 0 Å². The van der Waals surface area contributed by atoms with Crippen molar-refractivity contribution < 1.29 is 14.7 Å². The van der Waals surface area contributed by atoms with E-state index in [4.69, 9.17) is 0 Å². The summed E-state index contributed by atoms with van der Waals surface area (Å²) in [6, 6.07) is 3.95. The van der Waals surface area contributed by atoms with E-state index >= 15 is 0 Å². The fourth-order valence-electron chi connectivity index (χ4n) is 2.17. The third kappa shape index (κ3) is 4.56. The van der Waals surface area contributed by atoms with E-state index in [9.17, 15) is 14.7 Å². The summed E-state index contributed by atoms with van der Waals surface area (Å²) in [6.07, 6.45) is 1.83. The molecule has 1 aromatic heterocycles. The number of aliphatic carboxylic acids is 1. The lowest BCUT2D eigenvalue weighted by Crippen LogP contribution is -2.40. The summed E-state index contributed by atoms with van der Waals surface area (Å²) in [7, 11) is 0. The van der Waals surface area contributed by atoms with Crippen LogP contribution in [0.25, 0.3) is 0 Å². The van der Waals surface area contributed by atoms with Crippen molar-refractivity contribution in [3.8, 4) is 0 Å². The number of thiophene rings is 1. The topological polar surface area (TPSA) is 66.4 Å². The summed E-state index contributed by atoms with van der Waals surface area (Å²) in [5, 5.41) is 14.4. The van der Waals surface area contributed by atoms with Crippen molar-refractivity contribution in [3.05, 3.63) is 22.4 Å². The van der Waals surface area contributed by atoms with E-state index in [1.165, 1.54) is 0 Å². The van der Waals surface area contributed by atoms with Crippen molar-refractivity contribution in [3.63, 3.8) is 0 Å². The van der Waals surface area contributed by atoms with Crippen LogP contribution in [0.1, 0.15) is 57.9 Å². The van der Waals surface area contributed by atoms with Crippen LogP contribution in [0.4, 0.5) is 0 Å².